The molecule has 12 nitrogen and oxygen atoms in total. The average Bonchev–Trinajstić information content (AvgIpc) is 3.34. The van der Waals surface area contributed by atoms with Crippen molar-refractivity contribution in [3.63, 3.8) is 0 Å². The molecule has 0 fully saturated rings. The number of para-hydroxylation sites is 1. The number of fused-ring (bicyclic) bond motifs is 1. The molecule has 0 bridgehead atoms. The molecular formula is C28H36N6O6. The number of nitrogens with one attached hydrogen (secondary N) is 3. The van der Waals surface area contributed by atoms with Crippen LogP contribution in [-0.2, 0) is 32.2 Å². The number of carbonyl (C=O) groups is 3. The van der Waals surface area contributed by atoms with E-state index in [0.29, 0.717) is 18.9 Å². The monoisotopic (exact) mass is 552 g/mol. The maximum Gasteiger partial charge on any atom is 0.407 e. The lowest BCUT2D eigenvalue weighted by atomic mass is 10.1. The Labute approximate surface area is 232 Å². The number of anilines is 1. The van der Waals surface area contributed by atoms with Crippen molar-refractivity contribution in [3.8, 4) is 0 Å². The number of pyridine rings is 1. The van der Waals surface area contributed by atoms with Gasteiger partial charge in [-0.05, 0) is 51.0 Å². The van der Waals surface area contributed by atoms with Gasteiger partial charge in [0.25, 0.3) is 5.56 Å². The lowest BCUT2D eigenvalue weighted by molar-refractivity contribution is -0.123. The van der Waals surface area contributed by atoms with Crippen LogP contribution in [-0.4, -0.2) is 70.7 Å². The maximum absolute atomic E-state index is 13.2. The van der Waals surface area contributed by atoms with E-state index in [0.717, 1.165) is 16.6 Å². The first-order valence-corrected chi connectivity index (χ1v) is 12.9. The third kappa shape index (κ3) is 8.27. The van der Waals surface area contributed by atoms with Gasteiger partial charge in [-0.1, -0.05) is 18.2 Å². The molecule has 1 atom stereocenters. The summed E-state index contributed by atoms with van der Waals surface area (Å²) < 4.78 is 11.8. The summed E-state index contributed by atoms with van der Waals surface area (Å²) in [7, 11) is 4.44. The van der Waals surface area contributed by atoms with Crippen molar-refractivity contribution in [1.82, 2.24) is 24.8 Å². The number of carbonyl (C=O) groups excluding carboxylic acids is 3. The van der Waals surface area contributed by atoms with Gasteiger partial charge in [0.1, 0.15) is 17.6 Å². The molecular weight excluding hydrogens is 516 g/mol. The average molecular weight is 553 g/mol. The fourth-order valence-electron chi connectivity index (χ4n) is 3.79. The Balaban J connectivity index is 1.74. The smallest absolute Gasteiger partial charge is 0.407 e. The van der Waals surface area contributed by atoms with Crippen molar-refractivity contribution in [2.24, 2.45) is 0 Å². The molecule has 0 aliphatic heterocycles. The predicted octanol–water partition coefficient (Wildman–Crippen LogP) is 2.79. The van der Waals surface area contributed by atoms with Gasteiger partial charge in [-0.15, -0.1) is 0 Å². The Morgan fingerprint density at radius 2 is 1.95 bits per heavy atom. The molecule has 0 aliphatic carbocycles. The summed E-state index contributed by atoms with van der Waals surface area (Å²) in [6.45, 7) is 4.50. The first-order valence-electron chi connectivity index (χ1n) is 12.9. The second-order valence-electron chi connectivity index (χ2n) is 9.60. The van der Waals surface area contributed by atoms with Crippen molar-refractivity contribution in [2.75, 3.05) is 26.5 Å². The van der Waals surface area contributed by atoms with Crippen molar-refractivity contribution in [2.45, 2.75) is 52.0 Å². The molecule has 1 aromatic carbocycles. The van der Waals surface area contributed by atoms with Gasteiger partial charge in [-0.25, -0.2) is 9.78 Å². The lowest BCUT2D eigenvalue weighted by Crippen LogP contribution is -2.44. The Morgan fingerprint density at radius 1 is 1.18 bits per heavy atom. The van der Waals surface area contributed by atoms with Crippen LogP contribution in [0.4, 0.5) is 10.5 Å². The van der Waals surface area contributed by atoms with Crippen molar-refractivity contribution < 1.29 is 23.9 Å². The molecule has 214 valence electrons. The van der Waals surface area contributed by atoms with Gasteiger partial charge in [0, 0.05) is 25.9 Å². The number of benzene rings is 1. The number of aromatic nitrogens is 3. The minimum Gasteiger partial charge on any atom is -0.453 e. The molecule has 0 saturated heterocycles. The normalized spacial score (nSPS) is 12.1. The third-order valence-electron chi connectivity index (χ3n) is 5.93. The number of rotatable bonds is 12. The number of nitrogens with zero attached hydrogens (tertiary/aromatic N) is 3. The molecule has 0 aliphatic rings. The molecule has 3 aromatic rings. The topological polar surface area (TPSA) is 148 Å². The van der Waals surface area contributed by atoms with Gasteiger partial charge in [-0.3, -0.25) is 14.4 Å². The summed E-state index contributed by atoms with van der Waals surface area (Å²) in [5.74, 6) is -0.218. The highest BCUT2D eigenvalue weighted by atomic mass is 16.5. The molecule has 40 heavy (non-hydrogen) atoms. The zero-order valence-corrected chi connectivity index (χ0v) is 23.4. The highest BCUT2D eigenvalue weighted by molar-refractivity contribution is 5.96. The Kier molecular flexibility index (Phi) is 10.6. The summed E-state index contributed by atoms with van der Waals surface area (Å²) in [5.41, 5.74) is 2.15. The van der Waals surface area contributed by atoms with Crippen molar-refractivity contribution >= 4 is 34.6 Å². The third-order valence-corrected chi connectivity index (χ3v) is 5.93. The summed E-state index contributed by atoms with van der Waals surface area (Å²) in [6.07, 6.45) is 4.41. The highest BCUT2D eigenvalue weighted by Gasteiger charge is 2.22. The lowest BCUT2D eigenvalue weighted by Gasteiger charge is -2.17. The van der Waals surface area contributed by atoms with E-state index < -0.39 is 23.6 Å². The summed E-state index contributed by atoms with van der Waals surface area (Å²) in [5, 5.41) is 5.08. The number of methoxy groups -OCH3 is 1. The molecule has 2 heterocycles. The van der Waals surface area contributed by atoms with Crippen molar-refractivity contribution in [1.29, 1.82) is 0 Å². The molecule has 0 spiro atoms. The molecule has 1 unspecified atom stereocenters. The van der Waals surface area contributed by atoms with E-state index in [1.54, 1.807) is 32.4 Å². The minimum absolute atomic E-state index is 0.0460. The van der Waals surface area contributed by atoms with Gasteiger partial charge in [0.2, 0.25) is 11.8 Å². The molecule has 3 rings (SSSR count). The minimum atomic E-state index is -0.999. The Morgan fingerprint density at radius 3 is 2.65 bits per heavy atom. The summed E-state index contributed by atoms with van der Waals surface area (Å²) in [4.78, 5) is 59.1. The second-order valence-corrected chi connectivity index (χ2v) is 9.60. The standard InChI is InChI=1S/C28H36N6O6/c1-18(2)40-17-19-10-8-12-20-25(19)32-23(29-20)16-34-15-9-13-22(27(34)37)30-26(36)21(31-28(38)39-5)11-6-7-14-24(35)33(3)4/h7-10,12-15,18,21H,6,11,16-17H2,1-5H3,(H,29,32)(H,30,36)(H,31,38)/b14-7+. The van der Waals surface area contributed by atoms with Crippen molar-refractivity contribution in [3.05, 3.63) is 70.4 Å². The predicted molar refractivity (Wildman–Crippen MR) is 151 cm³/mol. The number of amides is 3. The van der Waals surface area contributed by atoms with E-state index in [1.807, 2.05) is 32.0 Å². The fourth-order valence-corrected chi connectivity index (χ4v) is 3.79. The Hall–Kier alpha value is -4.45. The summed E-state index contributed by atoms with van der Waals surface area (Å²) >= 11 is 0. The molecule has 3 amide bonds. The van der Waals surface area contributed by atoms with Crippen LogP contribution >= 0.6 is 0 Å². The van der Waals surface area contributed by atoms with Crippen LogP contribution in [0.1, 0.15) is 38.1 Å². The molecule has 2 aromatic heterocycles. The largest absolute Gasteiger partial charge is 0.453 e. The SMILES string of the molecule is COC(=O)NC(CC/C=C/C(=O)N(C)C)C(=O)Nc1cccn(Cc2nc3c(COC(C)C)cccc3[nH]2)c1=O. The van der Waals surface area contributed by atoms with Crippen LogP contribution < -0.4 is 16.2 Å². The number of aromatic amines is 1. The van der Waals surface area contributed by atoms with E-state index in [1.165, 1.54) is 28.7 Å². The molecule has 0 saturated carbocycles. The van der Waals surface area contributed by atoms with E-state index in [4.69, 9.17) is 4.74 Å². The Bertz CT molecular complexity index is 1420. The zero-order chi connectivity index (χ0) is 29.2. The molecule has 3 N–H and O–H groups in total. The van der Waals surface area contributed by atoms with Crippen LogP contribution in [0.5, 0.6) is 0 Å². The number of ether oxygens (including phenoxy) is 2. The van der Waals surface area contributed by atoms with Gasteiger partial charge < -0.3 is 34.6 Å². The van der Waals surface area contributed by atoms with Gasteiger partial charge in [0.15, 0.2) is 0 Å². The van der Waals surface area contributed by atoms with E-state index in [-0.39, 0.29) is 30.7 Å². The van der Waals surface area contributed by atoms with E-state index in [2.05, 4.69) is 25.3 Å². The number of hydrogen-bond donors (Lipinski definition) is 3. The van der Waals surface area contributed by atoms with Gasteiger partial charge in [-0.2, -0.15) is 0 Å². The van der Waals surface area contributed by atoms with E-state index >= 15 is 0 Å². The second kappa shape index (κ2) is 14.1. The van der Waals surface area contributed by atoms with Gasteiger partial charge >= 0.3 is 6.09 Å². The van der Waals surface area contributed by atoms with E-state index in [9.17, 15) is 19.2 Å². The zero-order valence-electron chi connectivity index (χ0n) is 23.4. The van der Waals surface area contributed by atoms with Crippen LogP contribution in [0.15, 0.2) is 53.5 Å². The maximum atomic E-state index is 13.2. The number of likely N-dealkylation sites (N-methyl/N-ethyl adjacent to an activating group) is 1. The number of H-pyrrole nitrogens is 1. The quantitative estimate of drug-likeness (QED) is 0.293. The molecule has 12 heteroatoms. The number of hydrogen-bond acceptors (Lipinski definition) is 7. The number of allylic oxidation sites excluding steroid dienone is 1. The van der Waals surface area contributed by atoms with Crippen LogP contribution in [0.2, 0.25) is 0 Å². The number of imidazole rings is 1. The number of alkyl carbamates (subject to hydrolysis) is 1. The highest BCUT2D eigenvalue weighted by Crippen LogP contribution is 2.18. The van der Waals surface area contributed by atoms with Crippen LogP contribution in [0.25, 0.3) is 11.0 Å². The fraction of sp³-hybridized carbons (Fsp3) is 0.393. The first-order chi connectivity index (χ1) is 19.1. The first kappa shape index (κ1) is 30.1. The van der Waals surface area contributed by atoms with Crippen LogP contribution in [0, 0.1) is 0 Å². The van der Waals surface area contributed by atoms with Gasteiger partial charge in [0.05, 0.1) is 37.4 Å². The summed E-state index contributed by atoms with van der Waals surface area (Å²) in [6, 6.07) is 7.90. The molecule has 0 radical (unpaired) electrons. The van der Waals surface area contributed by atoms with Crippen LogP contribution in [0.3, 0.4) is 0 Å².